The van der Waals surface area contributed by atoms with E-state index in [1.165, 1.54) is 11.3 Å². The number of rotatable bonds is 5. The van der Waals surface area contributed by atoms with E-state index in [0.717, 1.165) is 58.9 Å². The van der Waals surface area contributed by atoms with E-state index in [1.54, 1.807) is 20.5 Å². The number of aromatic nitrogens is 3. The summed E-state index contributed by atoms with van der Waals surface area (Å²) in [6, 6.07) is 11.9. The monoisotopic (exact) mass is 403 g/mol. The molecule has 0 amide bonds. The number of nitrogens with zero attached hydrogens (tertiary/aromatic N) is 3. The number of aryl methyl sites for hydroxylation is 1. The van der Waals surface area contributed by atoms with Gasteiger partial charge in [-0.3, -0.25) is 0 Å². The van der Waals surface area contributed by atoms with E-state index in [9.17, 15) is 0 Å². The molecule has 3 heterocycles. The van der Waals surface area contributed by atoms with Gasteiger partial charge in [0.1, 0.15) is 11.4 Å². The number of ether oxygens (including phenoxy) is 2. The average Bonchev–Trinajstić information content (AvgIpc) is 3.41. The predicted octanol–water partition coefficient (Wildman–Crippen LogP) is 4.94. The van der Waals surface area contributed by atoms with Gasteiger partial charge in [-0.15, -0.1) is 0 Å². The van der Waals surface area contributed by atoms with Crippen LogP contribution in [0.1, 0.15) is 30.3 Å². The maximum absolute atomic E-state index is 5.77. The Labute approximate surface area is 175 Å². The molecular formula is C24H25N3O3. The van der Waals surface area contributed by atoms with Gasteiger partial charge in [0.15, 0.2) is 11.4 Å². The molecule has 5 rings (SSSR count). The van der Waals surface area contributed by atoms with Gasteiger partial charge in [0, 0.05) is 18.4 Å². The van der Waals surface area contributed by atoms with Gasteiger partial charge in [-0.05, 0) is 55.0 Å². The Hall–Kier alpha value is -3.12. The van der Waals surface area contributed by atoms with Gasteiger partial charge in [0.05, 0.1) is 31.2 Å². The van der Waals surface area contributed by atoms with Crippen molar-refractivity contribution in [1.29, 1.82) is 0 Å². The zero-order chi connectivity index (χ0) is 20.7. The summed E-state index contributed by atoms with van der Waals surface area (Å²) in [6.07, 6.45) is 4.79. The van der Waals surface area contributed by atoms with Gasteiger partial charge in [-0.2, -0.15) is 5.10 Å². The number of hydrogen-bond acceptors (Lipinski definition) is 5. The van der Waals surface area contributed by atoms with Crippen LogP contribution in [0.3, 0.4) is 0 Å². The van der Waals surface area contributed by atoms with Crippen molar-refractivity contribution in [2.45, 2.75) is 32.8 Å². The van der Waals surface area contributed by atoms with Crippen LogP contribution in [-0.2, 0) is 24.2 Å². The standard InChI is InChI=1S/C24H25N3O3/c1-15-6-11-20-18(13-15)23(21-5-4-12-30-21)25-24-22(19(14-28-2)26-27(20)24)16-7-9-17(29-3)10-8-16/h4-5,7-10,12,15H,6,11,13-14H2,1-3H3. The summed E-state index contributed by atoms with van der Waals surface area (Å²) in [4.78, 5) is 5.11. The lowest BCUT2D eigenvalue weighted by atomic mass is 9.86. The summed E-state index contributed by atoms with van der Waals surface area (Å²) in [5, 5.41) is 4.95. The minimum absolute atomic E-state index is 0.423. The minimum atomic E-state index is 0.423. The number of methoxy groups -OCH3 is 2. The molecule has 1 aromatic carbocycles. The van der Waals surface area contributed by atoms with Crippen molar-refractivity contribution >= 4 is 5.65 Å². The smallest absolute Gasteiger partial charge is 0.164 e. The number of hydrogen-bond donors (Lipinski definition) is 0. The number of benzene rings is 1. The Morgan fingerprint density at radius 1 is 1.17 bits per heavy atom. The summed E-state index contributed by atoms with van der Waals surface area (Å²) in [6.45, 7) is 2.72. The molecular weight excluding hydrogens is 378 g/mol. The summed E-state index contributed by atoms with van der Waals surface area (Å²) in [7, 11) is 3.37. The largest absolute Gasteiger partial charge is 0.497 e. The lowest BCUT2D eigenvalue weighted by Gasteiger charge is -2.23. The lowest BCUT2D eigenvalue weighted by molar-refractivity contribution is 0.181. The van der Waals surface area contributed by atoms with E-state index < -0.39 is 0 Å². The zero-order valence-corrected chi connectivity index (χ0v) is 17.5. The normalized spacial score (nSPS) is 16.0. The van der Waals surface area contributed by atoms with Crippen molar-refractivity contribution in [1.82, 2.24) is 14.6 Å². The topological polar surface area (TPSA) is 61.8 Å². The van der Waals surface area contributed by atoms with Gasteiger partial charge in [0.2, 0.25) is 0 Å². The zero-order valence-electron chi connectivity index (χ0n) is 17.5. The molecule has 3 aromatic heterocycles. The summed E-state index contributed by atoms with van der Waals surface area (Å²) >= 11 is 0. The van der Waals surface area contributed by atoms with Crippen molar-refractivity contribution in [3.8, 4) is 28.3 Å². The van der Waals surface area contributed by atoms with Gasteiger partial charge in [-0.25, -0.2) is 9.50 Å². The Morgan fingerprint density at radius 3 is 2.70 bits per heavy atom. The van der Waals surface area contributed by atoms with Crippen LogP contribution >= 0.6 is 0 Å². The Balaban J connectivity index is 1.80. The Kier molecular flexibility index (Phi) is 4.79. The molecule has 0 spiro atoms. The molecule has 1 atom stereocenters. The predicted molar refractivity (Wildman–Crippen MR) is 115 cm³/mol. The van der Waals surface area contributed by atoms with Crippen LogP contribution in [0.15, 0.2) is 47.1 Å². The van der Waals surface area contributed by atoms with E-state index in [-0.39, 0.29) is 0 Å². The number of furan rings is 1. The summed E-state index contributed by atoms with van der Waals surface area (Å²) in [5.74, 6) is 2.23. The first kappa shape index (κ1) is 18.9. The van der Waals surface area contributed by atoms with Crippen LogP contribution < -0.4 is 4.74 Å². The minimum Gasteiger partial charge on any atom is -0.497 e. The average molecular weight is 403 g/mol. The molecule has 6 nitrogen and oxygen atoms in total. The fourth-order valence-electron chi connectivity index (χ4n) is 4.40. The molecule has 0 fully saturated rings. The van der Waals surface area contributed by atoms with E-state index in [0.29, 0.717) is 12.5 Å². The van der Waals surface area contributed by atoms with Gasteiger partial charge in [0.25, 0.3) is 0 Å². The molecule has 30 heavy (non-hydrogen) atoms. The molecule has 0 bridgehead atoms. The second kappa shape index (κ2) is 7.61. The quantitative estimate of drug-likeness (QED) is 0.472. The first-order valence-electron chi connectivity index (χ1n) is 10.3. The maximum Gasteiger partial charge on any atom is 0.164 e. The molecule has 0 aliphatic heterocycles. The van der Waals surface area contributed by atoms with Crippen LogP contribution in [0.5, 0.6) is 5.75 Å². The number of fused-ring (bicyclic) bond motifs is 3. The maximum atomic E-state index is 5.77. The third-order valence-electron chi connectivity index (χ3n) is 5.88. The SMILES string of the molecule is COCc1nn2c3c(c(-c4ccco4)nc2c1-c1ccc(OC)cc1)CC(C)CC3. The van der Waals surface area contributed by atoms with Crippen LogP contribution in [0.2, 0.25) is 0 Å². The summed E-state index contributed by atoms with van der Waals surface area (Å²) in [5.41, 5.74) is 7.14. The third-order valence-corrected chi connectivity index (χ3v) is 5.88. The highest BCUT2D eigenvalue weighted by Crippen LogP contribution is 2.37. The molecule has 1 aliphatic rings. The lowest BCUT2D eigenvalue weighted by Crippen LogP contribution is -2.18. The van der Waals surface area contributed by atoms with Gasteiger partial charge in [-0.1, -0.05) is 19.1 Å². The van der Waals surface area contributed by atoms with Crippen LogP contribution in [-0.4, -0.2) is 28.8 Å². The second-order valence-corrected chi connectivity index (χ2v) is 7.93. The third kappa shape index (κ3) is 3.08. The molecule has 0 saturated heterocycles. The highest BCUT2D eigenvalue weighted by molar-refractivity contribution is 5.82. The van der Waals surface area contributed by atoms with Crippen molar-refractivity contribution < 1.29 is 13.9 Å². The first-order chi connectivity index (χ1) is 14.7. The second-order valence-electron chi connectivity index (χ2n) is 7.93. The first-order valence-corrected chi connectivity index (χ1v) is 10.3. The molecule has 1 aliphatic carbocycles. The van der Waals surface area contributed by atoms with E-state index in [4.69, 9.17) is 24.0 Å². The molecule has 4 aromatic rings. The Morgan fingerprint density at radius 2 is 2.00 bits per heavy atom. The van der Waals surface area contributed by atoms with E-state index in [2.05, 4.69) is 6.92 Å². The van der Waals surface area contributed by atoms with Crippen LogP contribution in [0.4, 0.5) is 0 Å². The molecule has 0 radical (unpaired) electrons. The van der Waals surface area contributed by atoms with E-state index >= 15 is 0 Å². The highest BCUT2D eigenvalue weighted by Gasteiger charge is 2.27. The van der Waals surface area contributed by atoms with Crippen molar-refractivity contribution in [3.05, 3.63) is 59.6 Å². The van der Waals surface area contributed by atoms with Crippen molar-refractivity contribution in [3.63, 3.8) is 0 Å². The van der Waals surface area contributed by atoms with E-state index in [1.807, 2.05) is 40.9 Å². The molecule has 1 unspecified atom stereocenters. The molecule has 0 N–H and O–H groups in total. The fourth-order valence-corrected chi connectivity index (χ4v) is 4.40. The van der Waals surface area contributed by atoms with Crippen molar-refractivity contribution in [2.24, 2.45) is 5.92 Å². The molecule has 154 valence electrons. The van der Waals surface area contributed by atoms with Gasteiger partial charge >= 0.3 is 0 Å². The molecule has 0 saturated carbocycles. The van der Waals surface area contributed by atoms with Crippen LogP contribution in [0, 0.1) is 5.92 Å². The highest BCUT2D eigenvalue weighted by atomic mass is 16.5. The van der Waals surface area contributed by atoms with Crippen LogP contribution in [0.25, 0.3) is 28.2 Å². The molecule has 6 heteroatoms. The fraction of sp³-hybridized carbons (Fsp3) is 0.333. The Bertz CT molecular complexity index is 1180. The summed E-state index contributed by atoms with van der Waals surface area (Å²) < 4.78 is 18.6. The van der Waals surface area contributed by atoms with Crippen molar-refractivity contribution in [2.75, 3.05) is 14.2 Å². The van der Waals surface area contributed by atoms with Gasteiger partial charge < -0.3 is 13.9 Å².